The molecule has 2 aliphatic rings. The molecule has 1 unspecified atom stereocenters. The molecule has 2 fully saturated rings. The van der Waals surface area contributed by atoms with Crippen molar-refractivity contribution >= 4 is 35.1 Å². The molecule has 10 nitrogen and oxygen atoms in total. The summed E-state index contributed by atoms with van der Waals surface area (Å²) in [5.74, 6) is -0.213. The number of carbonyl (C=O) groups is 3. The highest BCUT2D eigenvalue weighted by atomic mass is 35.5. The van der Waals surface area contributed by atoms with Gasteiger partial charge in [0.25, 0.3) is 11.8 Å². The van der Waals surface area contributed by atoms with Crippen LogP contribution in [-0.2, 0) is 4.79 Å². The fraction of sp³-hybridized carbons (Fsp3) is 0.440. The summed E-state index contributed by atoms with van der Waals surface area (Å²) < 4.78 is 5.17. The minimum atomic E-state index is -1.14. The van der Waals surface area contributed by atoms with Crippen LogP contribution in [0.25, 0.3) is 0 Å². The van der Waals surface area contributed by atoms with Gasteiger partial charge in [0.2, 0.25) is 0 Å². The molecule has 4 N–H and O–H groups in total. The molecule has 0 spiro atoms. The Balaban J connectivity index is 1.58. The molecular weight excluding hydrogens is 484 g/mol. The minimum absolute atomic E-state index is 0.0442. The topological polar surface area (TPSA) is 130 Å². The lowest BCUT2D eigenvalue weighted by atomic mass is 9.91. The average molecular weight is 515 g/mol. The van der Waals surface area contributed by atoms with E-state index in [0.717, 1.165) is 25.7 Å². The lowest BCUT2D eigenvalue weighted by Crippen LogP contribution is -2.65. The van der Waals surface area contributed by atoms with Crippen molar-refractivity contribution in [1.29, 1.82) is 0 Å². The highest BCUT2D eigenvalue weighted by Gasteiger charge is 2.42. The quantitative estimate of drug-likeness (QED) is 0.526. The Bertz CT molecular complexity index is 1090. The van der Waals surface area contributed by atoms with Crippen molar-refractivity contribution in [2.75, 3.05) is 25.5 Å². The maximum atomic E-state index is 13.6. The summed E-state index contributed by atoms with van der Waals surface area (Å²) in [6.07, 6.45) is 3.97. The summed E-state index contributed by atoms with van der Waals surface area (Å²) in [5, 5.41) is 5.92. The first-order chi connectivity index (χ1) is 17.4. The molecule has 1 aromatic carbocycles. The van der Waals surface area contributed by atoms with E-state index in [1.165, 1.54) is 16.0 Å². The number of hydrogen-bond acceptors (Lipinski definition) is 6. The van der Waals surface area contributed by atoms with Crippen LogP contribution >= 0.6 is 11.6 Å². The molecule has 1 saturated heterocycles. The molecule has 36 heavy (non-hydrogen) atoms. The number of pyridine rings is 1. The van der Waals surface area contributed by atoms with Crippen molar-refractivity contribution in [1.82, 2.24) is 20.1 Å². The first-order valence-electron chi connectivity index (χ1n) is 12.1. The molecule has 0 bridgehead atoms. The molecule has 1 saturated carbocycles. The number of amides is 4. The van der Waals surface area contributed by atoms with Crippen LogP contribution in [-0.4, -0.2) is 71.1 Å². The van der Waals surface area contributed by atoms with Gasteiger partial charge in [0.05, 0.1) is 12.7 Å². The molecule has 1 aliphatic carbocycles. The van der Waals surface area contributed by atoms with Crippen LogP contribution in [0, 0.1) is 0 Å². The van der Waals surface area contributed by atoms with Crippen LogP contribution in [0.4, 0.5) is 10.5 Å². The van der Waals surface area contributed by atoms with Gasteiger partial charge in [0.1, 0.15) is 10.9 Å². The van der Waals surface area contributed by atoms with Crippen LogP contribution < -0.4 is 21.1 Å². The molecule has 1 aliphatic heterocycles. The number of urea groups is 1. The minimum Gasteiger partial charge on any atom is -0.497 e. The highest BCUT2D eigenvalue weighted by Crippen LogP contribution is 2.24. The summed E-state index contributed by atoms with van der Waals surface area (Å²) in [6, 6.07) is 9.62. The van der Waals surface area contributed by atoms with E-state index in [1.807, 2.05) is 0 Å². The molecule has 1 atom stereocenters. The van der Waals surface area contributed by atoms with Crippen molar-refractivity contribution < 1.29 is 19.1 Å². The largest absolute Gasteiger partial charge is 0.497 e. The number of ether oxygens (including phenoxy) is 1. The number of nitrogens with one attached hydrogen (secondary N) is 2. The standard InChI is InChI=1S/C25H31ClN6O4/c1-36-19-11-9-18(10-12-19)30-25(35)32-15-3-14-31(24(34)20-4-2-13-28-21(20)26)23(32)22(33)29-17-7-5-16(27)6-8-17/h2,4,9-13,16-17,23H,3,5-8,14-15,27H2,1H3,(H,29,33)(H,30,35). The van der Waals surface area contributed by atoms with Gasteiger partial charge in [-0.05, 0) is 68.5 Å². The number of rotatable bonds is 5. The molecule has 192 valence electrons. The Morgan fingerprint density at radius 3 is 2.42 bits per heavy atom. The van der Waals surface area contributed by atoms with Crippen LogP contribution in [0.15, 0.2) is 42.6 Å². The summed E-state index contributed by atoms with van der Waals surface area (Å²) in [7, 11) is 1.56. The van der Waals surface area contributed by atoms with E-state index in [4.69, 9.17) is 22.1 Å². The zero-order valence-corrected chi connectivity index (χ0v) is 20.9. The van der Waals surface area contributed by atoms with Gasteiger partial charge >= 0.3 is 6.03 Å². The fourth-order valence-corrected chi connectivity index (χ4v) is 4.84. The Morgan fingerprint density at radius 2 is 1.75 bits per heavy atom. The summed E-state index contributed by atoms with van der Waals surface area (Å²) in [4.78, 5) is 47.2. The van der Waals surface area contributed by atoms with Gasteiger partial charge in [-0.1, -0.05) is 11.6 Å². The van der Waals surface area contributed by atoms with E-state index >= 15 is 0 Å². The Labute approximate surface area is 215 Å². The maximum Gasteiger partial charge on any atom is 0.323 e. The van der Waals surface area contributed by atoms with Crippen LogP contribution in [0.5, 0.6) is 5.75 Å². The summed E-state index contributed by atoms with van der Waals surface area (Å²) in [6.45, 7) is 0.601. The van der Waals surface area contributed by atoms with Gasteiger partial charge < -0.3 is 26.0 Å². The Morgan fingerprint density at radius 1 is 1.06 bits per heavy atom. The number of aromatic nitrogens is 1. The zero-order valence-electron chi connectivity index (χ0n) is 20.2. The molecule has 2 aromatic rings. The van der Waals surface area contributed by atoms with Gasteiger partial charge in [-0.15, -0.1) is 0 Å². The van der Waals surface area contributed by atoms with Crippen molar-refractivity contribution in [3.63, 3.8) is 0 Å². The van der Waals surface area contributed by atoms with Crippen molar-refractivity contribution in [2.45, 2.75) is 50.4 Å². The van der Waals surface area contributed by atoms with Crippen molar-refractivity contribution in [2.24, 2.45) is 5.73 Å². The predicted molar refractivity (Wildman–Crippen MR) is 136 cm³/mol. The molecule has 4 rings (SSSR count). The van der Waals surface area contributed by atoms with E-state index < -0.39 is 24.0 Å². The molecule has 0 radical (unpaired) electrons. The van der Waals surface area contributed by atoms with E-state index in [1.54, 1.807) is 43.5 Å². The lowest BCUT2D eigenvalue weighted by Gasteiger charge is -2.43. The third-order valence-electron chi connectivity index (χ3n) is 6.59. The van der Waals surface area contributed by atoms with Crippen LogP contribution in [0.2, 0.25) is 5.15 Å². The van der Waals surface area contributed by atoms with Crippen molar-refractivity contribution in [3.8, 4) is 5.75 Å². The zero-order chi connectivity index (χ0) is 25.7. The van der Waals surface area contributed by atoms with E-state index in [2.05, 4.69) is 15.6 Å². The van der Waals surface area contributed by atoms with Gasteiger partial charge in [-0.25, -0.2) is 9.78 Å². The first kappa shape index (κ1) is 25.7. The second-order valence-corrected chi connectivity index (χ2v) is 9.40. The lowest BCUT2D eigenvalue weighted by molar-refractivity contribution is -0.133. The molecular formula is C25H31ClN6O4. The van der Waals surface area contributed by atoms with Crippen LogP contribution in [0.3, 0.4) is 0 Å². The Hall–Kier alpha value is -3.37. The van der Waals surface area contributed by atoms with Gasteiger partial charge in [0, 0.05) is 37.1 Å². The number of anilines is 1. The SMILES string of the molecule is COc1ccc(NC(=O)N2CCCN(C(=O)c3cccnc3Cl)C2C(=O)NC2CCC(N)CC2)cc1. The monoisotopic (exact) mass is 514 g/mol. The second-order valence-electron chi connectivity index (χ2n) is 9.04. The number of carbonyl (C=O) groups excluding carboxylic acids is 3. The first-order valence-corrected chi connectivity index (χ1v) is 12.4. The maximum absolute atomic E-state index is 13.6. The Kier molecular flexibility index (Phi) is 8.27. The number of nitrogens with two attached hydrogens (primary N) is 1. The number of hydrogen-bond donors (Lipinski definition) is 3. The molecule has 4 amide bonds. The van der Waals surface area contributed by atoms with E-state index in [-0.39, 0.29) is 22.8 Å². The highest BCUT2D eigenvalue weighted by molar-refractivity contribution is 6.32. The summed E-state index contributed by atoms with van der Waals surface area (Å²) >= 11 is 6.19. The third-order valence-corrected chi connectivity index (χ3v) is 6.89. The van der Waals surface area contributed by atoms with Gasteiger partial charge in [0.15, 0.2) is 6.17 Å². The number of nitrogens with zero attached hydrogens (tertiary/aromatic N) is 3. The van der Waals surface area contributed by atoms with E-state index in [0.29, 0.717) is 30.9 Å². The molecule has 2 heterocycles. The number of benzene rings is 1. The molecule has 11 heteroatoms. The number of methoxy groups -OCH3 is 1. The summed E-state index contributed by atoms with van der Waals surface area (Å²) in [5.41, 5.74) is 6.73. The predicted octanol–water partition coefficient (Wildman–Crippen LogP) is 2.84. The second kappa shape index (κ2) is 11.6. The van der Waals surface area contributed by atoms with Gasteiger partial charge in [-0.3, -0.25) is 14.5 Å². The normalized spacial score (nSPS) is 22.0. The number of halogens is 1. The van der Waals surface area contributed by atoms with Crippen LogP contribution in [0.1, 0.15) is 42.5 Å². The third kappa shape index (κ3) is 5.88. The smallest absolute Gasteiger partial charge is 0.323 e. The van der Waals surface area contributed by atoms with Crippen molar-refractivity contribution in [3.05, 3.63) is 53.3 Å². The fourth-order valence-electron chi connectivity index (χ4n) is 4.64. The average Bonchev–Trinajstić information content (AvgIpc) is 2.90. The van der Waals surface area contributed by atoms with E-state index in [9.17, 15) is 14.4 Å². The van der Waals surface area contributed by atoms with Gasteiger partial charge in [-0.2, -0.15) is 0 Å². The molecule has 1 aromatic heterocycles.